The van der Waals surface area contributed by atoms with Crippen LogP contribution in [0.4, 0.5) is 0 Å². The van der Waals surface area contributed by atoms with Crippen LogP contribution >= 0.6 is 0 Å². The van der Waals surface area contributed by atoms with E-state index in [2.05, 4.69) is 54.0 Å². The van der Waals surface area contributed by atoms with E-state index in [1.54, 1.807) is 12.1 Å². The van der Waals surface area contributed by atoms with Gasteiger partial charge in [0.1, 0.15) is 0 Å². The number of rotatable bonds is 5. The minimum atomic E-state index is -3.63. The number of aromatic nitrogens is 1. The second-order valence-corrected chi connectivity index (χ2v) is 8.36. The zero-order valence-corrected chi connectivity index (χ0v) is 16.0. The molecule has 27 heavy (non-hydrogen) atoms. The van der Waals surface area contributed by atoms with Crippen molar-refractivity contribution in [3.8, 4) is 0 Å². The van der Waals surface area contributed by atoms with Crippen LogP contribution in [0.5, 0.6) is 0 Å². The van der Waals surface area contributed by atoms with E-state index in [-0.39, 0.29) is 4.90 Å². The number of nitrogens with zero attached hydrogens (tertiary/aromatic N) is 1. The highest BCUT2D eigenvalue weighted by molar-refractivity contribution is 7.89. The molecule has 4 aromatic rings. The largest absolute Gasteiger partial charge is 0.341 e. The van der Waals surface area contributed by atoms with Crippen LogP contribution in [-0.2, 0) is 29.4 Å². The summed E-state index contributed by atoms with van der Waals surface area (Å²) in [6.07, 6.45) is 1.75. The van der Waals surface area contributed by atoms with Gasteiger partial charge in [0.25, 0.3) is 0 Å². The molecule has 4 nitrogen and oxygen atoms in total. The molecule has 4 rings (SSSR count). The number of para-hydroxylation sites is 1. The first-order chi connectivity index (χ1) is 13.0. The lowest BCUT2D eigenvalue weighted by Crippen LogP contribution is -2.11. The van der Waals surface area contributed by atoms with Gasteiger partial charge in [-0.15, -0.1) is 0 Å². The Morgan fingerprint density at radius 2 is 1.44 bits per heavy atom. The Bertz CT molecular complexity index is 1220. The molecule has 0 saturated carbocycles. The average Bonchev–Trinajstić information content (AvgIpc) is 2.99. The van der Waals surface area contributed by atoms with E-state index in [1.165, 1.54) is 27.4 Å². The van der Waals surface area contributed by atoms with Crippen molar-refractivity contribution in [1.82, 2.24) is 4.57 Å². The number of primary sulfonamides is 1. The number of sulfonamides is 1. The highest BCUT2D eigenvalue weighted by atomic mass is 32.2. The molecule has 0 aliphatic rings. The number of nitrogens with two attached hydrogens (primary N) is 1. The Balaban J connectivity index is 1.62. The SMILES string of the molecule is CCn1c2ccccc2c2cc(CCc3ccc(S(N)(=O)=O)cc3)ccc21. The predicted molar refractivity (Wildman–Crippen MR) is 110 cm³/mol. The van der Waals surface area contributed by atoms with Gasteiger partial charge in [-0.05, 0) is 61.2 Å². The smallest absolute Gasteiger partial charge is 0.238 e. The second-order valence-electron chi connectivity index (χ2n) is 6.80. The molecular weight excluding hydrogens is 356 g/mol. The summed E-state index contributed by atoms with van der Waals surface area (Å²) < 4.78 is 25.1. The summed E-state index contributed by atoms with van der Waals surface area (Å²) in [5.74, 6) is 0. The lowest BCUT2D eigenvalue weighted by Gasteiger charge is -2.06. The maximum absolute atomic E-state index is 11.4. The van der Waals surface area contributed by atoms with Gasteiger partial charge in [0, 0.05) is 28.4 Å². The molecule has 138 valence electrons. The van der Waals surface area contributed by atoms with Gasteiger partial charge in [0.2, 0.25) is 10.0 Å². The maximum Gasteiger partial charge on any atom is 0.238 e. The van der Waals surface area contributed by atoms with Crippen LogP contribution in [0, 0.1) is 0 Å². The first kappa shape index (κ1) is 17.8. The summed E-state index contributed by atoms with van der Waals surface area (Å²) in [7, 11) is -3.63. The van der Waals surface area contributed by atoms with E-state index >= 15 is 0 Å². The van der Waals surface area contributed by atoms with Crippen LogP contribution < -0.4 is 5.14 Å². The molecule has 0 amide bonds. The van der Waals surface area contributed by atoms with Crippen molar-refractivity contribution >= 4 is 31.8 Å². The third-order valence-electron chi connectivity index (χ3n) is 5.11. The summed E-state index contributed by atoms with van der Waals surface area (Å²) >= 11 is 0. The Labute approximate surface area is 159 Å². The van der Waals surface area contributed by atoms with Crippen molar-refractivity contribution in [2.24, 2.45) is 5.14 Å². The van der Waals surface area contributed by atoms with Crippen LogP contribution in [0.2, 0.25) is 0 Å². The van der Waals surface area contributed by atoms with Crippen molar-refractivity contribution in [3.05, 3.63) is 77.9 Å². The lowest BCUT2D eigenvalue weighted by atomic mass is 10.0. The minimum absolute atomic E-state index is 0.153. The van der Waals surface area contributed by atoms with Crippen molar-refractivity contribution in [2.45, 2.75) is 31.2 Å². The van der Waals surface area contributed by atoms with E-state index in [0.717, 1.165) is 24.9 Å². The van der Waals surface area contributed by atoms with Crippen LogP contribution in [0.15, 0.2) is 71.6 Å². The average molecular weight is 378 g/mol. The number of hydrogen-bond acceptors (Lipinski definition) is 2. The third kappa shape index (κ3) is 3.36. The number of aryl methyl sites for hydroxylation is 3. The zero-order chi connectivity index (χ0) is 19.0. The van der Waals surface area contributed by atoms with E-state index in [9.17, 15) is 8.42 Å². The molecule has 2 N–H and O–H groups in total. The molecule has 0 radical (unpaired) electrons. The van der Waals surface area contributed by atoms with Crippen molar-refractivity contribution in [1.29, 1.82) is 0 Å². The first-order valence-electron chi connectivity index (χ1n) is 9.09. The van der Waals surface area contributed by atoms with E-state index in [0.29, 0.717) is 0 Å². The Hall–Kier alpha value is -2.63. The van der Waals surface area contributed by atoms with Crippen LogP contribution in [0.1, 0.15) is 18.1 Å². The standard InChI is InChI=1S/C22H22N2O2S/c1-2-24-21-6-4-3-5-19(21)20-15-17(11-14-22(20)24)8-7-16-9-12-18(13-10-16)27(23,25)26/h3-6,9-15H,2,7-8H2,1H3,(H2,23,25,26). The highest BCUT2D eigenvalue weighted by Crippen LogP contribution is 2.30. The van der Waals surface area contributed by atoms with Gasteiger partial charge in [0.15, 0.2) is 0 Å². The minimum Gasteiger partial charge on any atom is -0.341 e. The van der Waals surface area contributed by atoms with Gasteiger partial charge in [-0.25, -0.2) is 13.6 Å². The lowest BCUT2D eigenvalue weighted by molar-refractivity contribution is 0.598. The van der Waals surface area contributed by atoms with Gasteiger partial charge in [-0.1, -0.05) is 36.4 Å². The first-order valence-corrected chi connectivity index (χ1v) is 10.6. The molecule has 5 heteroatoms. The molecule has 0 saturated heterocycles. The topological polar surface area (TPSA) is 65.1 Å². The van der Waals surface area contributed by atoms with Crippen molar-refractivity contribution in [3.63, 3.8) is 0 Å². The van der Waals surface area contributed by atoms with Gasteiger partial charge in [-0.3, -0.25) is 0 Å². The fourth-order valence-corrected chi connectivity index (χ4v) is 4.25. The monoisotopic (exact) mass is 378 g/mol. The Morgan fingerprint density at radius 3 is 2.15 bits per heavy atom. The van der Waals surface area contributed by atoms with E-state index < -0.39 is 10.0 Å². The van der Waals surface area contributed by atoms with E-state index in [4.69, 9.17) is 5.14 Å². The summed E-state index contributed by atoms with van der Waals surface area (Å²) in [5, 5.41) is 7.73. The third-order valence-corrected chi connectivity index (χ3v) is 6.04. The molecule has 0 spiro atoms. The van der Waals surface area contributed by atoms with Crippen LogP contribution in [0.3, 0.4) is 0 Å². The van der Waals surface area contributed by atoms with Crippen LogP contribution in [0.25, 0.3) is 21.8 Å². The summed E-state index contributed by atoms with van der Waals surface area (Å²) in [4.78, 5) is 0.153. The normalized spacial score (nSPS) is 12.1. The highest BCUT2D eigenvalue weighted by Gasteiger charge is 2.10. The van der Waals surface area contributed by atoms with Crippen LogP contribution in [-0.4, -0.2) is 13.0 Å². The van der Waals surface area contributed by atoms with Gasteiger partial charge in [-0.2, -0.15) is 0 Å². The molecule has 0 atom stereocenters. The second kappa shape index (κ2) is 6.83. The summed E-state index contributed by atoms with van der Waals surface area (Å²) in [6.45, 7) is 3.12. The molecule has 0 unspecified atom stereocenters. The quantitative estimate of drug-likeness (QED) is 0.564. The van der Waals surface area contributed by atoms with Crippen molar-refractivity contribution < 1.29 is 8.42 Å². The number of fused-ring (bicyclic) bond motifs is 3. The van der Waals surface area contributed by atoms with E-state index in [1.807, 2.05) is 12.1 Å². The van der Waals surface area contributed by atoms with Gasteiger partial charge >= 0.3 is 0 Å². The zero-order valence-electron chi connectivity index (χ0n) is 15.2. The number of benzene rings is 3. The Kier molecular flexibility index (Phi) is 4.50. The molecule has 1 aromatic heterocycles. The molecule has 0 fully saturated rings. The molecule has 0 aliphatic heterocycles. The molecule has 1 heterocycles. The molecular formula is C22H22N2O2S. The Morgan fingerprint density at radius 1 is 0.815 bits per heavy atom. The summed E-state index contributed by atoms with van der Waals surface area (Å²) in [5.41, 5.74) is 4.90. The molecule has 0 aliphatic carbocycles. The van der Waals surface area contributed by atoms with Gasteiger partial charge < -0.3 is 4.57 Å². The predicted octanol–water partition coefficient (Wildman–Crippen LogP) is 4.25. The molecule has 3 aromatic carbocycles. The summed E-state index contributed by atoms with van der Waals surface area (Å²) in [6, 6.07) is 22.0. The van der Waals surface area contributed by atoms with Crippen molar-refractivity contribution in [2.75, 3.05) is 0 Å². The fraction of sp³-hybridized carbons (Fsp3) is 0.182. The number of hydrogen-bond donors (Lipinski definition) is 1. The molecule has 0 bridgehead atoms. The van der Waals surface area contributed by atoms with Gasteiger partial charge in [0.05, 0.1) is 4.90 Å². The maximum atomic E-state index is 11.4. The fourth-order valence-electron chi connectivity index (χ4n) is 3.73.